The van der Waals surface area contributed by atoms with Crippen LogP contribution in [0.1, 0.15) is 6.92 Å². The molecule has 1 fully saturated rings. The van der Waals surface area contributed by atoms with Crippen LogP contribution >= 0.6 is 31.9 Å². The Hall–Kier alpha value is -0.000000000000000111. The maximum atomic E-state index is 12.7. The second kappa shape index (κ2) is 6.86. The first-order chi connectivity index (χ1) is 10.2. The van der Waals surface area contributed by atoms with Gasteiger partial charge in [0, 0.05) is 35.1 Å². The van der Waals surface area contributed by atoms with Crippen molar-refractivity contribution in [3.8, 4) is 0 Å². The first-order valence-corrected chi connectivity index (χ1v) is 11.2. The molecule has 1 aromatic carbocycles. The van der Waals surface area contributed by atoms with Crippen LogP contribution in [0.15, 0.2) is 32.0 Å². The highest BCUT2D eigenvalue weighted by Gasteiger charge is 2.33. The Labute approximate surface area is 147 Å². The van der Waals surface area contributed by atoms with Gasteiger partial charge in [0.1, 0.15) is 0 Å². The van der Waals surface area contributed by atoms with Crippen LogP contribution in [-0.2, 0) is 20.0 Å². The molecule has 1 heterocycles. The van der Waals surface area contributed by atoms with Crippen LogP contribution in [0, 0.1) is 0 Å². The Bertz CT molecular complexity index is 757. The zero-order valence-electron chi connectivity index (χ0n) is 11.9. The number of hydrogen-bond acceptors (Lipinski definition) is 4. The Morgan fingerprint density at radius 2 is 1.55 bits per heavy atom. The third-order valence-corrected chi connectivity index (χ3v) is 8.73. The lowest BCUT2D eigenvalue weighted by molar-refractivity contribution is 0.273. The van der Waals surface area contributed by atoms with Gasteiger partial charge in [-0.05, 0) is 41.1 Å². The molecule has 6 nitrogen and oxygen atoms in total. The number of nitrogens with zero attached hydrogens (tertiary/aromatic N) is 2. The van der Waals surface area contributed by atoms with E-state index < -0.39 is 20.0 Å². The molecule has 0 spiro atoms. The van der Waals surface area contributed by atoms with Gasteiger partial charge < -0.3 is 0 Å². The lowest BCUT2D eigenvalue weighted by Crippen LogP contribution is -2.50. The van der Waals surface area contributed by atoms with E-state index in [2.05, 4.69) is 31.9 Å². The van der Waals surface area contributed by atoms with Crippen LogP contribution in [0.3, 0.4) is 0 Å². The van der Waals surface area contributed by atoms with Crippen molar-refractivity contribution in [3.05, 3.63) is 27.1 Å². The van der Waals surface area contributed by atoms with Crippen molar-refractivity contribution < 1.29 is 16.8 Å². The molecule has 1 aliphatic rings. The summed E-state index contributed by atoms with van der Waals surface area (Å²) in [5.41, 5.74) is 0. The molecule has 0 aliphatic carbocycles. The SMILES string of the molecule is CCS(=O)(=O)N1CCN(S(=O)(=O)c2cc(Br)ccc2Br)CC1. The summed E-state index contributed by atoms with van der Waals surface area (Å²) in [6.45, 7) is 2.25. The second-order valence-electron chi connectivity index (χ2n) is 4.78. The Morgan fingerprint density at radius 3 is 2.09 bits per heavy atom. The third kappa shape index (κ3) is 3.73. The molecule has 0 N–H and O–H groups in total. The van der Waals surface area contributed by atoms with E-state index in [1.165, 1.54) is 14.7 Å². The molecule has 10 heteroatoms. The van der Waals surface area contributed by atoms with E-state index >= 15 is 0 Å². The van der Waals surface area contributed by atoms with E-state index in [1.807, 2.05) is 0 Å². The molecule has 0 amide bonds. The molecule has 1 aromatic rings. The lowest BCUT2D eigenvalue weighted by atomic mass is 10.4. The fraction of sp³-hybridized carbons (Fsp3) is 0.500. The fourth-order valence-corrected chi connectivity index (χ4v) is 6.16. The summed E-state index contributed by atoms with van der Waals surface area (Å²) in [6.07, 6.45) is 0. The maximum Gasteiger partial charge on any atom is 0.244 e. The van der Waals surface area contributed by atoms with E-state index in [-0.39, 0.29) is 36.8 Å². The molecule has 0 bridgehead atoms. The van der Waals surface area contributed by atoms with Gasteiger partial charge in [0.2, 0.25) is 20.0 Å². The molecule has 0 saturated carbocycles. The van der Waals surface area contributed by atoms with E-state index in [9.17, 15) is 16.8 Å². The number of rotatable bonds is 4. The highest BCUT2D eigenvalue weighted by atomic mass is 79.9. The molecule has 0 unspecified atom stereocenters. The van der Waals surface area contributed by atoms with Crippen LogP contribution in [0.5, 0.6) is 0 Å². The smallest absolute Gasteiger partial charge is 0.212 e. The van der Waals surface area contributed by atoms with Crippen molar-refractivity contribution >= 4 is 51.9 Å². The van der Waals surface area contributed by atoms with Crippen molar-refractivity contribution in [3.63, 3.8) is 0 Å². The summed E-state index contributed by atoms with van der Waals surface area (Å²) < 4.78 is 52.9. The zero-order chi connectivity index (χ0) is 16.5. The average molecular weight is 476 g/mol. The summed E-state index contributed by atoms with van der Waals surface area (Å²) in [5, 5.41) is 0. The van der Waals surface area contributed by atoms with E-state index in [0.29, 0.717) is 8.95 Å². The zero-order valence-corrected chi connectivity index (χ0v) is 16.7. The van der Waals surface area contributed by atoms with Crippen LogP contribution in [0.25, 0.3) is 0 Å². The van der Waals surface area contributed by atoms with E-state index in [4.69, 9.17) is 0 Å². The van der Waals surface area contributed by atoms with E-state index in [0.717, 1.165) is 0 Å². The molecule has 22 heavy (non-hydrogen) atoms. The minimum Gasteiger partial charge on any atom is -0.212 e. The number of hydrogen-bond donors (Lipinski definition) is 0. The Balaban J connectivity index is 2.22. The van der Waals surface area contributed by atoms with Gasteiger partial charge in [0.15, 0.2) is 0 Å². The molecule has 1 saturated heterocycles. The normalized spacial score (nSPS) is 18.5. The van der Waals surface area contributed by atoms with Gasteiger partial charge in [-0.3, -0.25) is 0 Å². The molecule has 0 atom stereocenters. The van der Waals surface area contributed by atoms with Crippen molar-refractivity contribution in [1.82, 2.24) is 8.61 Å². The summed E-state index contributed by atoms with van der Waals surface area (Å²) >= 11 is 6.52. The minimum absolute atomic E-state index is 0.0247. The maximum absolute atomic E-state index is 12.7. The van der Waals surface area contributed by atoms with Crippen LogP contribution in [-0.4, -0.2) is 57.4 Å². The van der Waals surface area contributed by atoms with Crippen LogP contribution < -0.4 is 0 Å². The Kier molecular flexibility index (Phi) is 5.72. The van der Waals surface area contributed by atoms with Gasteiger partial charge in [-0.2, -0.15) is 8.61 Å². The van der Waals surface area contributed by atoms with Crippen molar-refractivity contribution in [2.45, 2.75) is 11.8 Å². The van der Waals surface area contributed by atoms with Crippen molar-refractivity contribution in [2.75, 3.05) is 31.9 Å². The van der Waals surface area contributed by atoms with Gasteiger partial charge in [-0.25, -0.2) is 16.8 Å². The highest BCUT2D eigenvalue weighted by molar-refractivity contribution is 9.11. The first-order valence-electron chi connectivity index (χ1n) is 6.61. The molecule has 0 aromatic heterocycles. The first kappa shape index (κ1) is 18.3. The lowest BCUT2D eigenvalue weighted by Gasteiger charge is -2.33. The molecule has 2 rings (SSSR count). The number of sulfonamides is 2. The largest absolute Gasteiger partial charge is 0.244 e. The molecule has 1 aliphatic heterocycles. The van der Waals surface area contributed by atoms with E-state index in [1.54, 1.807) is 19.1 Å². The summed E-state index contributed by atoms with van der Waals surface area (Å²) in [4.78, 5) is 0.175. The predicted octanol–water partition coefficient (Wildman–Crippen LogP) is 1.87. The third-order valence-electron chi connectivity index (χ3n) is 3.47. The van der Waals surface area contributed by atoms with Crippen molar-refractivity contribution in [1.29, 1.82) is 0 Å². The average Bonchev–Trinajstić information content (AvgIpc) is 2.49. The predicted molar refractivity (Wildman–Crippen MR) is 91.6 cm³/mol. The number of halogens is 2. The topological polar surface area (TPSA) is 74.8 Å². The van der Waals surface area contributed by atoms with Crippen molar-refractivity contribution in [2.24, 2.45) is 0 Å². The molecule has 124 valence electrons. The fourth-order valence-electron chi connectivity index (χ4n) is 2.18. The molecular formula is C12H16Br2N2O4S2. The van der Waals surface area contributed by atoms with Crippen LogP contribution in [0.2, 0.25) is 0 Å². The molecular weight excluding hydrogens is 460 g/mol. The highest BCUT2D eigenvalue weighted by Crippen LogP contribution is 2.29. The van der Waals surface area contributed by atoms with Crippen LogP contribution in [0.4, 0.5) is 0 Å². The molecule has 0 radical (unpaired) electrons. The number of benzene rings is 1. The second-order valence-corrected chi connectivity index (χ2v) is 10.7. The van der Waals surface area contributed by atoms with Gasteiger partial charge in [-0.15, -0.1) is 0 Å². The minimum atomic E-state index is -3.66. The number of piperazine rings is 1. The van der Waals surface area contributed by atoms with Gasteiger partial charge >= 0.3 is 0 Å². The summed E-state index contributed by atoms with van der Waals surface area (Å²) in [5.74, 6) is 0.0247. The quantitative estimate of drug-likeness (QED) is 0.666. The Morgan fingerprint density at radius 1 is 1.00 bits per heavy atom. The summed E-state index contributed by atoms with van der Waals surface area (Å²) in [6, 6.07) is 4.94. The van der Waals surface area contributed by atoms with Gasteiger partial charge in [0.25, 0.3) is 0 Å². The van der Waals surface area contributed by atoms with Gasteiger partial charge in [0.05, 0.1) is 10.6 Å². The standard InChI is InChI=1S/C12H16Br2N2O4S2/c1-2-21(17,18)15-5-7-16(8-6-15)22(19,20)12-9-10(13)3-4-11(12)14/h3-4,9H,2,5-8H2,1H3. The summed E-state index contributed by atoms with van der Waals surface area (Å²) in [7, 11) is -6.93. The monoisotopic (exact) mass is 474 g/mol. The van der Waals surface area contributed by atoms with Gasteiger partial charge in [-0.1, -0.05) is 15.9 Å².